The van der Waals surface area contributed by atoms with Crippen molar-refractivity contribution in [3.63, 3.8) is 0 Å². The van der Waals surface area contributed by atoms with Crippen molar-refractivity contribution in [3.05, 3.63) is 35.1 Å². The molecule has 21 heavy (non-hydrogen) atoms. The van der Waals surface area contributed by atoms with Crippen molar-refractivity contribution in [1.29, 1.82) is 0 Å². The van der Waals surface area contributed by atoms with E-state index in [2.05, 4.69) is 9.38 Å². The summed E-state index contributed by atoms with van der Waals surface area (Å²) in [5.74, 6) is 0.711. The molecule has 0 aliphatic rings. The highest BCUT2D eigenvalue weighted by atomic mass is 35.5. The van der Waals surface area contributed by atoms with Crippen LogP contribution in [0.25, 0.3) is 10.8 Å². The Bertz CT molecular complexity index is 683. The van der Waals surface area contributed by atoms with Crippen molar-refractivity contribution in [3.8, 4) is 5.75 Å². The lowest BCUT2D eigenvalue weighted by Gasteiger charge is -2.17. The highest BCUT2D eigenvalue weighted by Crippen LogP contribution is 2.29. The Morgan fingerprint density at radius 1 is 1.33 bits per heavy atom. The smallest absolute Gasteiger partial charge is 0.144 e. The normalized spacial score (nSPS) is 13.8. The Morgan fingerprint density at radius 3 is 2.67 bits per heavy atom. The molecular formula is C15H17ClN2O2S. The summed E-state index contributed by atoms with van der Waals surface area (Å²) >= 11 is 4.66. The predicted molar refractivity (Wildman–Crippen MR) is 88.8 cm³/mol. The molecule has 0 N–H and O–H groups in total. The van der Waals surface area contributed by atoms with Gasteiger partial charge in [0.2, 0.25) is 0 Å². The van der Waals surface area contributed by atoms with Crippen LogP contribution in [0, 0.1) is 0 Å². The minimum Gasteiger partial charge on any atom is -0.591 e. The van der Waals surface area contributed by atoms with E-state index < -0.39 is 16.1 Å². The van der Waals surface area contributed by atoms with Gasteiger partial charge in [0.25, 0.3) is 0 Å². The second-order valence-electron chi connectivity index (χ2n) is 5.51. The highest BCUT2D eigenvalue weighted by molar-refractivity contribution is 7.91. The van der Waals surface area contributed by atoms with Gasteiger partial charge in [0.15, 0.2) is 0 Å². The van der Waals surface area contributed by atoms with E-state index in [1.54, 1.807) is 25.6 Å². The van der Waals surface area contributed by atoms with Gasteiger partial charge in [0, 0.05) is 17.1 Å². The summed E-state index contributed by atoms with van der Waals surface area (Å²) in [6.07, 6.45) is 3.27. The monoisotopic (exact) mass is 324 g/mol. The van der Waals surface area contributed by atoms with Gasteiger partial charge < -0.3 is 9.29 Å². The van der Waals surface area contributed by atoms with Gasteiger partial charge >= 0.3 is 0 Å². The molecule has 0 saturated heterocycles. The van der Waals surface area contributed by atoms with E-state index in [1.807, 2.05) is 32.9 Å². The van der Waals surface area contributed by atoms with E-state index in [9.17, 15) is 4.55 Å². The molecular weight excluding hydrogens is 308 g/mol. The van der Waals surface area contributed by atoms with Gasteiger partial charge in [-0.25, -0.2) is 4.98 Å². The molecule has 2 rings (SSSR count). The fourth-order valence-electron chi connectivity index (χ4n) is 1.76. The van der Waals surface area contributed by atoms with Crippen LogP contribution in [-0.2, 0) is 11.4 Å². The number of nitrogens with zero attached hydrogens (tertiary/aromatic N) is 2. The maximum Gasteiger partial charge on any atom is 0.144 e. The van der Waals surface area contributed by atoms with Crippen LogP contribution < -0.4 is 4.74 Å². The van der Waals surface area contributed by atoms with Gasteiger partial charge in [-0.15, -0.1) is 0 Å². The molecule has 0 spiro atoms. The van der Waals surface area contributed by atoms with Crippen molar-refractivity contribution in [2.24, 2.45) is 4.40 Å². The number of pyridine rings is 1. The van der Waals surface area contributed by atoms with Crippen LogP contribution in [0.3, 0.4) is 0 Å². The minimum atomic E-state index is -1.30. The molecule has 1 heterocycles. The third kappa shape index (κ3) is 3.67. The van der Waals surface area contributed by atoms with Gasteiger partial charge in [0.1, 0.15) is 27.0 Å². The van der Waals surface area contributed by atoms with Gasteiger partial charge in [-0.1, -0.05) is 16.0 Å². The number of halogens is 1. The topological polar surface area (TPSA) is 57.5 Å². The van der Waals surface area contributed by atoms with Crippen LogP contribution in [-0.4, -0.2) is 27.6 Å². The van der Waals surface area contributed by atoms with Crippen molar-refractivity contribution >= 4 is 39.9 Å². The highest BCUT2D eigenvalue weighted by Gasteiger charge is 2.25. The van der Waals surface area contributed by atoms with Crippen molar-refractivity contribution < 1.29 is 9.29 Å². The molecule has 0 saturated carbocycles. The number of fused-ring (bicyclic) bond motifs is 1. The lowest BCUT2D eigenvalue weighted by atomic mass is 10.1. The average molecular weight is 325 g/mol. The second-order valence-corrected chi connectivity index (χ2v) is 7.83. The maximum absolute atomic E-state index is 12.0. The number of hydrogen-bond acceptors (Lipinski definition) is 4. The third-order valence-electron chi connectivity index (χ3n) is 2.89. The molecule has 0 radical (unpaired) electrons. The first kappa shape index (κ1) is 16.1. The molecule has 1 atom stereocenters. The lowest BCUT2D eigenvalue weighted by molar-refractivity contribution is 0.419. The number of ether oxygens (including phenoxy) is 1. The Hall–Kier alpha value is -1.30. The van der Waals surface area contributed by atoms with Gasteiger partial charge in [-0.2, -0.15) is 0 Å². The second kappa shape index (κ2) is 6.22. The molecule has 0 aliphatic heterocycles. The fraction of sp³-hybridized carbons (Fsp3) is 0.333. The Balaban J connectivity index is 2.50. The molecule has 2 aromatic rings. The lowest BCUT2D eigenvalue weighted by Crippen LogP contribution is -2.25. The summed E-state index contributed by atoms with van der Waals surface area (Å²) in [5.41, 5.74) is 0.827. The molecule has 1 unspecified atom stereocenters. The van der Waals surface area contributed by atoms with Crippen molar-refractivity contribution in [2.45, 2.75) is 25.5 Å². The van der Waals surface area contributed by atoms with Gasteiger partial charge in [-0.05, 0) is 44.4 Å². The third-order valence-corrected chi connectivity index (χ3v) is 4.44. The van der Waals surface area contributed by atoms with Crippen LogP contribution in [0.5, 0.6) is 5.75 Å². The summed E-state index contributed by atoms with van der Waals surface area (Å²) < 4.78 is 21.1. The van der Waals surface area contributed by atoms with E-state index in [1.165, 1.54) is 0 Å². The van der Waals surface area contributed by atoms with Crippen molar-refractivity contribution in [1.82, 2.24) is 4.98 Å². The molecule has 0 aliphatic carbocycles. The SMILES string of the molecule is COc1ccc(/C=N/[S+]([O-])C(C)(C)C)c2cc(Cl)ncc12. The zero-order chi connectivity index (χ0) is 15.6. The van der Waals surface area contributed by atoms with Crippen LogP contribution in [0.2, 0.25) is 5.15 Å². The number of benzene rings is 1. The number of rotatable bonds is 3. The first-order valence-corrected chi connectivity index (χ1v) is 7.89. The molecule has 4 nitrogen and oxygen atoms in total. The van der Waals surface area contributed by atoms with Crippen LogP contribution in [0.1, 0.15) is 26.3 Å². The summed E-state index contributed by atoms with van der Waals surface area (Å²) in [7, 11) is 1.60. The molecule has 0 fully saturated rings. The molecule has 0 amide bonds. The number of aromatic nitrogens is 1. The summed E-state index contributed by atoms with van der Waals surface area (Å²) in [4.78, 5) is 4.07. The summed E-state index contributed by atoms with van der Waals surface area (Å²) in [6.45, 7) is 5.65. The van der Waals surface area contributed by atoms with Crippen LogP contribution in [0.4, 0.5) is 0 Å². The summed E-state index contributed by atoms with van der Waals surface area (Å²) in [6, 6.07) is 5.45. The van der Waals surface area contributed by atoms with Gasteiger partial charge in [0.05, 0.1) is 13.3 Å². The Kier molecular flexibility index (Phi) is 4.76. The maximum atomic E-state index is 12.0. The average Bonchev–Trinajstić information content (AvgIpc) is 2.43. The number of methoxy groups -OCH3 is 1. The van der Waals surface area contributed by atoms with E-state index in [0.29, 0.717) is 10.9 Å². The molecule has 1 aromatic carbocycles. The van der Waals surface area contributed by atoms with E-state index in [0.717, 1.165) is 16.3 Å². The molecule has 1 aromatic heterocycles. The fourth-order valence-corrected chi connectivity index (χ4v) is 2.45. The molecule has 6 heteroatoms. The summed E-state index contributed by atoms with van der Waals surface area (Å²) in [5, 5.41) is 2.10. The Morgan fingerprint density at radius 2 is 2.05 bits per heavy atom. The van der Waals surface area contributed by atoms with Crippen LogP contribution >= 0.6 is 11.6 Å². The van der Waals surface area contributed by atoms with E-state index >= 15 is 0 Å². The quantitative estimate of drug-likeness (QED) is 0.490. The Labute approximate surface area is 132 Å². The predicted octanol–water partition coefficient (Wildman–Crippen LogP) is 3.78. The minimum absolute atomic E-state index is 0.391. The van der Waals surface area contributed by atoms with Gasteiger partial charge in [-0.3, -0.25) is 0 Å². The van der Waals surface area contributed by atoms with E-state index in [4.69, 9.17) is 16.3 Å². The first-order chi connectivity index (χ1) is 9.82. The first-order valence-electron chi connectivity index (χ1n) is 6.41. The van der Waals surface area contributed by atoms with Crippen molar-refractivity contribution in [2.75, 3.05) is 7.11 Å². The zero-order valence-electron chi connectivity index (χ0n) is 12.4. The largest absolute Gasteiger partial charge is 0.591 e. The molecule has 112 valence electrons. The standard InChI is InChI=1S/C15H17ClN2O2S/c1-15(2,3)21(19)18-8-10-5-6-13(20-4)12-9-17-14(16)7-11(10)12/h5-9H,1-4H3/b18-8+. The number of hydrogen-bond donors (Lipinski definition) is 0. The van der Waals surface area contributed by atoms with Crippen LogP contribution in [0.15, 0.2) is 28.8 Å². The zero-order valence-corrected chi connectivity index (χ0v) is 14.0. The van der Waals surface area contributed by atoms with E-state index in [-0.39, 0.29) is 0 Å². The molecule has 0 bridgehead atoms.